The number of aliphatic carboxylic acids is 1. The summed E-state index contributed by atoms with van der Waals surface area (Å²) in [7, 11) is 0. The van der Waals surface area contributed by atoms with Crippen molar-refractivity contribution in [1.29, 1.82) is 0 Å². The van der Waals surface area contributed by atoms with Gasteiger partial charge in [0.2, 0.25) is 11.8 Å². The monoisotopic (exact) mass is 426 g/mol. The minimum absolute atomic E-state index is 0.102. The van der Waals surface area contributed by atoms with Crippen molar-refractivity contribution in [2.45, 2.75) is 17.7 Å². The van der Waals surface area contributed by atoms with Crippen LogP contribution in [-0.2, 0) is 14.4 Å². The van der Waals surface area contributed by atoms with Crippen LogP contribution in [-0.4, -0.2) is 28.6 Å². The second-order valence-electron chi connectivity index (χ2n) is 5.41. The lowest BCUT2D eigenvalue weighted by molar-refractivity contribution is -0.138. The van der Waals surface area contributed by atoms with Crippen LogP contribution < -0.4 is 10.6 Å². The fourth-order valence-electron chi connectivity index (χ4n) is 2.04. The van der Waals surface area contributed by atoms with E-state index in [1.807, 2.05) is 0 Å². The molecular weight excluding hydrogens is 411 g/mol. The van der Waals surface area contributed by atoms with Crippen molar-refractivity contribution in [3.63, 3.8) is 0 Å². The van der Waals surface area contributed by atoms with Crippen LogP contribution in [0.25, 0.3) is 0 Å². The van der Waals surface area contributed by atoms with Crippen molar-refractivity contribution in [2.24, 2.45) is 0 Å². The minimum Gasteiger partial charge on any atom is -0.481 e. The molecule has 2 aromatic rings. The van der Waals surface area contributed by atoms with Crippen LogP contribution >= 0.6 is 35.0 Å². The molecule has 9 heteroatoms. The summed E-state index contributed by atoms with van der Waals surface area (Å²) in [5.41, 5.74) is 0.975. The molecule has 0 heterocycles. The van der Waals surface area contributed by atoms with Crippen molar-refractivity contribution in [1.82, 2.24) is 0 Å². The zero-order valence-corrected chi connectivity index (χ0v) is 16.3. The number of hydrogen-bond acceptors (Lipinski definition) is 4. The van der Waals surface area contributed by atoms with E-state index in [1.54, 1.807) is 42.5 Å². The average Bonchev–Trinajstić information content (AvgIpc) is 2.62. The van der Waals surface area contributed by atoms with Gasteiger partial charge in [-0.2, -0.15) is 0 Å². The van der Waals surface area contributed by atoms with Gasteiger partial charge >= 0.3 is 5.97 Å². The Hall–Kier alpha value is -2.22. The highest BCUT2D eigenvalue weighted by molar-refractivity contribution is 8.00. The number of nitrogens with one attached hydrogen (secondary N) is 2. The van der Waals surface area contributed by atoms with E-state index in [1.165, 1.54) is 11.8 Å². The van der Waals surface area contributed by atoms with Gasteiger partial charge in [0.15, 0.2) is 0 Å². The summed E-state index contributed by atoms with van der Waals surface area (Å²) < 4.78 is 0. The maximum absolute atomic E-state index is 12.1. The molecule has 2 amide bonds. The van der Waals surface area contributed by atoms with Crippen molar-refractivity contribution in [2.75, 3.05) is 16.4 Å². The van der Waals surface area contributed by atoms with E-state index >= 15 is 0 Å². The van der Waals surface area contributed by atoms with Gasteiger partial charge in [-0.25, -0.2) is 0 Å². The fourth-order valence-corrected chi connectivity index (χ4v) is 3.15. The molecule has 0 spiro atoms. The number of carboxylic acids is 1. The van der Waals surface area contributed by atoms with Crippen LogP contribution in [0.2, 0.25) is 10.0 Å². The predicted octanol–water partition coefficient (Wildman–Crippen LogP) is 4.53. The Morgan fingerprint density at radius 2 is 1.70 bits per heavy atom. The number of amides is 2. The molecule has 0 bridgehead atoms. The second kappa shape index (κ2) is 10.2. The largest absolute Gasteiger partial charge is 0.481 e. The fraction of sp³-hybridized carbons (Fsp3) is 0.167. The highest BCUT2D eigenvalue weighted by Gasteiger charge is 2.10. The molecule has 0 unspecified atom stereocenters. The van der Waals surface area contributed by atoms with Crippen molar-refractivity contribution in [3.05, 3.63) is 52.5 Å². The Labute approximate surface area is 170 Å². The van der Waals surface area contributed by atoms with E-state index < -0.39 is 5.97 Å². The Morgan fingerprint density at radius 1 is 0.963 bits per heavy atom. The molecule has 0 fully saturated rings. The summed E-state index contributed by atoms with van der Waals surface area (Å²) in [6.07, 6.45) is -0.331. The van der Waals surface area contributed by atoms with Gasteiger partial charge in [0.1, 0.15) is 0 Å². The van der Waals surface area contributed by atoms with E-state index in [4.69, 9.17) is 28.3 Å². The second-order valence-corrected chi connectivity index (χ2v) is 7.24. The lowest BCUT2D eigenvalue weighted by atomic mass is 10.2. The Balaban J connectivity index is 1.88. The molecule has 0 atom stereocenters. The van der Waals surface area contributed by atoms with Gasteiger partial charge in [0.05, 0.1) is 27.9 Å². The number of carbonyl (C=O) groups excluding carboxylic acids is 2. The minimum atomic E-state index is -1.03. The lowest BCUT2D eigenvalue weighted by Gasteiger charge is -2.09. The zero-order chi connectivity index (χ0) is 19.8. The van der Waals surface area contributed by atoms with Crippen LogP contribution in [0.3, 0.4) is 0 Å². The first-order valence-corrected chi connectivity index (χ1v) is 9.57. The topological polar surface area (TPSA) is 95.5 Å². The van der Waals surface area contributed by atoms with Gasteiger partial charge in [0.25, 0.3) is 0 Å². The third-order valence-electron chi connectivity index (χ3n) is 3.28. The molecule has 0 saturated heterocycles. The van der Waals surface area contributed by atoms with Crippen molar-refractivity contribution < 1.29 is 19.5 Å². The first kappa shape index (κ1) is 21.1. The number of halogens is 2. The van der Waals surface area contributed by atoms with Crippen LogP contribution in [0.15, 0.2) is 47.4 Å². The van der Waals surface area contributed by atoms with Crippen LogP contribution in [0.5, 0.6) is 0 Å². The molecule has 0 saturated carbocycles. The van der Waals surface area contributed by atoms with Gasteiger partial charge in [-0.1, -0.05) is 35.3 Å². The lowest BCUT2D eigenvalue weighted by Crippen LogP contribution is -2.14. The number of hydrogen-bond donors (Lipinski definition) is 3. The summed E-state index contributed by atoms with van der Waals surface area (Å²) in [6, 6.07) is 11.9. The summed E-state index contributed by atoms with van der Waals surface area (Å²) in [5.74, 6) is -1.52. The molecule has 6 nitrogen and oxygen atoms in total. The first-order chi connectivity index (χ1) is 12.8. The predicted molar refractivity (Wildman–Crippen MR) is 108 cm³/mol. The molecule has 0 aliphatic carbocycles. The SMILES string of the molecule is O=C(O)CCC(=O)Nc1cccc(SCC(=O)Nc2cccc(Cl)c2Cl)c1. The molecular formula is C18H16Cl2N2O4S. The summed E-state index contributed by atoms with van der Waals surface area (Å²) in [4.78, 5) is 35.1. The van der Waals surface area contributed by atoms with Crippen LogP contribution in [0, 0.1) is 0 Å². The van der Waals surface area contributed by atoms with E-state index in [9.17, 15) is 14.4 Å². The number of carbonyl (C=O) groups is 3. The molecule has 3 N–H and O–H groups in total. The van der Waals surface area contributed by atoms with Crippen molar-refractivity contribution >= 4 is 64.1 Å². The van der Waals surface area contributed by atoms with Crippen LogP contribution in [0.4, 0.5) is 11.4 Å². The van der Waals surface area contributed by atoms with E-state index in [2.05, 4.69) is 10.6 Å². The smallest absolute Gasteiger partial charge is 0.303 e. The van der Waals surface area contributed by atoms with Gasteiger partial charge < -0.3 is 15.7 Å². The van der Waals surface area contributed by atoms with Crippen LogP contribution in [0.1, 0.15) is 12.8 Å². The normalized spacial score (nSPS) is 10.3. The summed E-state index contributed by atoms with van der Waals surface area (Å²) >= 11 is 13.2. The Bertz CT molecular complexity index is 861. The maximum atomic E-state index is 12.1. The number of rotatable bonds is 8. The van der Waals surface area contributed by atoms with Gasteiger partial charge in [-0.05, 0) is 30.3 Å². The summed E-state index contributed by atoms with van der Waals surface area (Å²) in [5, 5.41) is 14.6. The molecule has 0 aliphatic heterocycles. The number of benzene rings is 2. The number of carboxylic acid groups (broad SMARTS) is 1. The first-order valence-electron chi connectivity index (χ1n) is 7.83. The zero-order valence-electron chi connectivity index (χ0n) is 14.0. The molecule has 2 rings (SSSR count). The molecule has 0 radical (unpaired) electrons. The summed E-state index contributed by atoms with van der Waals surface area (Å²) in [6.45, 7) is 0. The third-order valence-corrected chi connectivity index (χ3v) is 5.09. The standard InChI is InChI=1S/C18H16Cl2N2O4S/c19-13-5-2-6-14(18(13)20)22-16(24)10-27-12-4-1-3-11(9-12)21-15(23)7-8-17(25)26/h1-6,9H,7-8,10H2,(H,21,23)(H,22,24)(H,25,26). The van der Waals surface area contributed by atoms with Gasteiger partial charge in [0, 0.05) is 17.0 Å². The highest BCUT2D eigenvalue weighted by Crippen LogP contribution is 2.30. The molecule has 2 aromatic carbocycles. The Morgan fingerprint density at radius 3 is 2.44 bits per heavy atom. The molecule has 142 valence electrons. The van der Waals surface area contributed by atoms with Crippen molar-refractivity contribution in [3.8, 4) is 0 Å². The third kappa shape index (κ3) is 7.13. The Kier molecular flexibility index (Phi) is 7.97. The van der Waals surface area contributed by atoms with Gasteiger partial charge in [-0.3, -0.25) is 14.4 Å². The quantitative estimate of drug-likeness (QED) is 0.538. The average molecular weight is 427 g/mol. The molecule has 27 heavy (non-hydrogen) atoms. The number of thioether (sulfide) groups is 1. The van der Waals surface area contributed by atoms with E-state index in [0.717, 1.165) is 4.90 Å². The van der Waals surface area contributed by atoms with E-state index in [-0.39, 0.29) is 35.4 Å². The van der Waals surface area contributed by atoms with E-state index in [0.29, 0.717) is 16.4 Å². The molecule has 0 aliphatic rings. The number of anilines is 2. The molecule has 0 aromatic heterocycles. The highest BCUT2D eigenvalue weighted by atomic mass is 35.5. The van der Waals surface area contributed by atoms with Gasteiger partial charge in [-0.15, -0.1) is 11.8 Å². The maximum Gasteiger partial charge on any atom is 0.303 e.